The lowest BCUT2D eigenvalue weighted by Crippen LogP contribution is -2.53. The van der Waals surface area contributed by atoms with Crippen molar-refractivity contribution in [2.24, 2.45) is 5.92 Å². The minimum atomic E-state index is -1.25. The number of carbonyl (C=O) groups excluding carboxylic acids is 2. The number of hydrogen-bond donors (Lipinski definition) is 3. The number of carboxylic acid groups (broad SMARTS) is 1. The average molecular weight is 286 g/mol. The van der Waals surface area contributed by atoms with E-state index >= 15 is 0 Å². The predicted octanol–water partition coefficient (Wildman–Crippen LogP) is -0.103. The summed E-state index contributed by atoms with van der Waals surface area (Å²) < 4.78 is 4.42. The van der Waals surface area contributed by atoms with Gasteiger partial charge in [-0.2, -0.15) is 0 Å². The fourth-order valence-corrected chi connectivity index (χ4v) is 2.29. The number of esters is 1. The first-order chi connectivity index (χ1) is 9.47. The number of rotatable bonds is 6. The summed E-state index contributed by atoms with van der Waals surface area (Å²) >= 11 is 0. The molecule has 1 fully saturated rings. The minimum Gasteiger partial charge on any atom is -0.480 e. The van der Waals surface area contributed by atoms with Gasteiger partial charge in [0, 0.05) is 0 Å². The molecule has 0 aromatic rings. The lowest BCUT2D eigenvalue weighted by atomic mass is 9.90. The molecule has 0 radical (unpaired) electrons. The number of carboxylic acids is 1. The topological polar surface area (TPSA) is 105 Å². The molecule has 7 nitrogen and oxygen atoms in total. The van der Waals surface area contributed by atoms with Gasteiger partial charge in [0.2, 0.25) is 5.91 Å². The Kier molecular flexibility index (Phi) is 6.44. The van der Waals surface area contributed by atoms with E-state index < -0.39 is 24.0 Å². The number of methoxy groups -OCH3 is 1. The van der Waals surface area contributed by atoms with Crippen molar-refractivity contribution in [2.45, 2.75) is 44.7 Å². The normalized spacial score (nSPS) is 23.7. The van der Waals surface area contributed by atoms with Crippen molar-refractivity contribution in [3.05, 3.63) is 0 Å². The van der Waals surface area contributed by atoms with Crippen molar-refractivity contribution in [3.63, 3.8) is 0 Å². The highest BCUT2D eigenvalue weighted by molar-refractivity contribution is 5.89. The third-order valence-corrected chi connectivity index (χ3v) is 3.62. The SMILES string of the molecule is CCC1CCNC(C(=O)N[C@@H](CC(=O)OC)C(=O)O)C1. The molecule has 1 aliphatic rings. The van der Waals surface area contributed by atoms with E-state index in [4.69, 9.17) is 5.11 Å². The Labute approximate surface area is 118 Å². The Hall–Kier alpha value is -1.63. The predicted molar refractivity (Wildman–Crippen MR) is 71.0 cm³/mol. The van der Waals surface area contributed by atoms with Crippen LogP contribution in [0.25, 0.3) is 0 Å². The van der Waals surface area contributed by atoms with Gasteiger partial charge < -0.3 is 20.5 Å². The molecule has 3 N–H and O–H groups in total. The molecule has 1 amide bonds. The van der Waals surface area contributed by atoms with Crippen molar-refractivity contribution in [1.82, 2.24) is 10.6 Å². The number of ether oxygens (including phenoxy) is 1. The molecule has 1 aliphatic heterocycles. The molecule has 1 rings (SSSR count). The van der Waals surface area contributed by atoms with Crippen LogP contribution in [0.1, 0.15) is 32.6 Å². The maximum Gasteiger partial charge on any atom is 0.326 e. The van der Waals surface area contributed by atoms with Crippen molar-refractivity contribution in [2.75, 3.05) is 13.7 Å². The molecular formula is C13H22N2O5. The summed E-state index contributed by atoms with van der Waals surface area (Å²) in [5, 5.41) is 14.5. The number of amides is 1. The third-order valence-electron chi connectivity index (χ3n) is 3.62. The summed E-state index contributed by atoms with van der Waals surface area (Å²) in [5.74, 6) is -1.82. The Balaban J connectivity index is 2.56. The van der Waals surface area contributed by atoms with Crippen LogP contribution >= 0.6 is 0 Å². The molecule has 1 saturated heterocycles. The van der Waals surface area contributed by atoms with Crippen LogP contribution < -0.4 is 10.6 Å². The van der Waals surface area contributed by atoms with Crippen LogP contribution in [-0.4, -0.2) is 48.7 Å². The second-order valence-corrected chi connectivity index (χ2v) is 4.99. The van der Waals surface area contributed by atoms with Crippen LogP contribution in [0.5, 0.6) is 0 Å². The molecular weight excluding hydrogens is 264 g/mol. The lowest BCUT2D eigenvalue weighted by molar-refractivity contribution is -0.149. The van der Waals surface area contributed by atoms with Crippen LogP contribution in [-0.2, 0) is 19.1 Å². The van der Waals surface area contributed by atoms with E-state index in [0.717, 1.165) is 19.4 Å². The molecule has 1 heterocycles. The monoisotopic (exact) mass is 286 g/mol. The maximum absolute atomic E-state index is 12.1. The number of hydrogen-bond acceptors (Lipinski definition) is 5. The van der Waals surface area contributed by atoms with Crippen molar-refractivity contribution < 1.29 is 24.2 Å². The van der Waals surface area contributed by atoms with Gasteiger partial charge in [0.25, 0.3) is 0 Å². The molecule has 0 aliphatic carbocycles. The molecule has 20 heavy (non-hydrogen) atoms. The zero-order valence-corrected chi connectivity index (χ0v) is 11.8. The third kappa shape index (κ3) is 4.80. The van der Waals surface area contributed by atoms with E-state index in [1.54, 1.807) is 0 Å². The Bertz CT molecular complexity index is 372. The van der Waals surface area contributed by atoms with Crippen LogP contribution in [0.15, 0.2) is 0 Å². The van der Waals surface area contributed by atoms with E-state index in [1.165, 1.54) is 7.11 Å². The first-order valence-corrected chi connectivity index (χ1v) is 6.81. The fourth-order valence-electron chi connectivity index (χ4n) is 2.29. The number of carbonyl (C=O) groups is 3. The second kappa shape index (κ2) is 7.84. The fraction of sp³-hybridized carbons (Fsp3) is 0.769. The Morgan fingerprint density at radius 3 is 2.70 bits per heavy atom. The first kappa shape index (κ1) is 16.4. The largest absolute Gasteiger partial charge is 0.480 e. The van der Waals surface area contributed by atoms with Gasteiger partial charge in [-0.25, -0.2) is 4.79 Å². The average Bonchev–Trinajstić information content (AvgIpc) is 2.46. The summed E-state index contributed by atoms with van der Waals surface area (Å²) in [6.07, 6.45) is 2.33. The zero-order chi connectivity index (χ0) is 15.1. The molecule has 114 valence electrons. The van der Waals surface area contributed by atoms with Gasteiger partial charge in [-0.1, -0.05) is 13.3 Å². The Morgan fingerprint density at radius 2 is 2.15 bits per heavy atom. The van der Waals surface area contributed by atoms with Gasteiger partial charge in [-0.05, 0) is 25.3 Å². The summed E-state index contributed by atoms with van der Waals surface area (Å²) in [5.41, 5.74) is 0. The first-order valence-electron chi connectivity index (χ1n) is 6.81. The summed E-state index contributed by atoms with van der Waals surface area (Å²) in [6.45, 7) is 2.81. The molecule has 0 spiro atoms. The van der Waals surface area contributed by atoms with E-state index in [0.29, 0.717) is 12.3 Å². The van der Waals surface area contributed by atoms with Gasteiger partial charge in [0.05, 0.1) is 19.6 Å². The van der Waals surface area contributed by atoms with Crippen LogP contribution in [0.4, 0.5) is 0 Å². The smallest absolute Gasteiger partial charge is 0.326 e. The summed E-state index contributed by atoms with van der Waals surface area (Å²) in [7, 11) is 1.18. The molecule has 0 saturated carbocycles. The minimum absolute atomic E-state index is 0.374. The van der Waals surface area contributed by atoms with Crippen LogP contribution in [0.2, 0.25) is 0 Å². The quantitative estimate of drug-likeness (QED) is 0.589. The molecule has 0 aromatic carbocycles. The molecule has 2 unspecified atom stereocenters. The van der Waals surface area contributed by atoms with Crippen molar-refractivity contribution in [3.8, 4) is 0 Å². The van der Waals surface area contributed by atoms with Gasteiger partial charge >= 0.3 is 11.9 Å². The maximum atomic E-state index is 12.1. The highest BCUT2D eigenvalue weighted by atomic mass is 16.5. The van der Waals surface area contributed by atoms with Crippen LogP contribution in [0, 0.1) is 5.92 Å². The van der Waals surface area contributed by atoms with E-state index in [1.807, 2.05) is 0 Å². The van der Waals surface area contributed by atoms with E-state index in [-0.39, 0.29) is 12.3 Å². The number of aliphatic carboxylic acids is 1. The summed E-state index contributed by atoms with van der Waals surface area (Å²) in [4.78, 5) is 34.2. The summed E-state index contributed by atoms with van der Waals surface area (Å²) in [6, 6.07) is -1.65. The molecule has 3 atom stereocenters. The van der Waals surface area contributed by atoms with Gasteiger partial charge in [-0.15, -0.1) is 0 Å². The molecule has 7 heteroatoms. The van der Waals surface area contributed by atoms with Crippen LogP contribution in [0.3, 0.4) is 0 Å². The van der Waals surface area contributed by atoms with Crippen molar-refractivity contribution in [1.29, 1.82) is 0 Å². The van der Waals surface area contributed by atoms with Crippen molar-refractivity contribution >= 4 is 17.8 Å². The molecule has 0 aromatic heterocycles. The Morgan fingerprint density at radius 1 is 1.45 bits per heavy atom. The second-order valence-electron chi connectivity index (χ2n) is 4.99. The zero-order valence-electron chi connectivity index (χ0n) is 11.8. The highest BCUT2D eigenvalue weighted by Gasteiger charge is 2.30. The van der Waals surface area contributed by atoms with Gasteiger partial charge in [0.15, 0.2) is 0 Å². The van der Waals surface area contributed by atoms with Gasteiger partial charge in [-0.3, -0.25) is 9.59 Å². The van der Waals surface area contributed by atoms with E-state index in [2.05, 4.69) is 22.3 Å². The van der Waals surface area contributed by atoms with Gasteiger partial charge in [0.1, 0.15) is 6.04 Å². The lowest BCUT2D eigenvalue weighted by Gasteiger charge is -2.29. The van der Waals surface area contributed by atoms with E-state index in [9.17, 15) is 14.4 Å². The standard InChI is InChI=1S/C13H22N2O5/c1-3-8-4-5-14-9(6-8)12(17)15-10(13(18)19)7-11(16)20-2/h8-10,14H,3-7H2,1-2H3,(H,15,17)(H,18,19)/t8?,9?,10-/m0/s1. The number of nitrogens with one attached hydrogen (secondary N) is 2. The highest BCUT2D eigenvalue weighted by Crippen LogP contribution is 2.19. The number of piperidine rings is 1. The molecule has 0 bridgehead atoms.